The van der Waals surface area contributed by atoms with Crippen LogP contribution in [0.1, 0.15) is 124 Å². The van der Waals surface area contributed by atoms with Gasteiger partial charge in [-0.2, -0.15) is 5.26 Å². The minimum absolute atomic E-state index is 0.0509. The largest absolute Gasteiger partial charge is 0.494 e. The van der Waals surface area contributed by atoms with Crippen molar-refractivity contribution in [3.63, 3.8) is 0 Å². The standard InChI is InChI=1S/C39H55NO5/c1-37(2,3)28-39(7,38(4,5)6)36(41)43-24-16-14-12-10-8-9-11-13-15-23-42-33-20-18-31(19-21-33)32(27-40)25-30-17-22-34-35(26-30)45-29-44-34/h17-22,25-26H,8-16,23-24,28-29H2,1-7H3. The highest BCUT2D eigenvalue weighted by atomic mass is 16.7. The third kappa shape index (κ3) is 11.4. The summed E-state index contributed by atoms with van der Waals surface area (Å²) in [5.41, 5.74) is 1.76. The van der Waals surface area contributed by atoms with Crippen LogP contribution in [0.3, 0.4) is 0 Å². The first-order chi connectivity index (χ1) is 21.3. The van der Waals surface area contributed by atoms with E-state index in [0.717, 1.165) is 54.7 Å². The van der Waals surface area contributed by atoms with E-state index in [4.69, 9.17) is 18.9 Å². The van der Waals surface area contributed by atoms with Crippen LogP contribution in [0.5, 0.6) is 17.2 Å². The monoisotopic (exact) mass is 617 g/mol. The summed E-state index contributed by atoms with van der Waals surface area (Å²) in [6, 6.07) is 15.7. The van der Waals surface area contributed by atoms with Gasteiger partial charge in [-0.05, 0) is 90.6 Å². The third-order valence-electron chi connectivity index (χ3n) is 8.77. The van der Waals surface area contributed by atoms with E-state index < -0.39 is 5.41 Å². The summed E-state index contributed by atoms with van der Waals surface area (Å²) in [5, 5.41) is 9.70. The van der Waals surface area contributed by atoms with Crippen LogP contribution in [0.2, 0.25) is 0 Å². The number of benzene rings is 2. The Bertz CT molecular complexity index is 1290. The molecule has 0 N–H and O–H groups in total. The molecular formula is C39H55NO5. The number of rotatable bonds is 17. The summed E-state index contributed by atoms with van der Waals surface area (Å²) in [7, 11) is 0. The van der Waals surface area contributed by atoms with Gasteiger partial charge in [-0.15, -0.1) is 0 Å². The van der Waals surface area contributed by atoms with Crippen LogP contribution in [0, 0.1) is 27.6 Å². The molecule has 0 fully saturated rings. The van der Waals surface area contributed by atoms with Gasteiger partial charge in [-0.25, -0.2) is 0 Å². The van der Waals surface area contributed by atoms with Gasteiger partial charge in [-0.1, -0.05) is 92.6 Å². The maximum absolute atomic E-state index is 13.0. The van der Waals surface area contributed by atoms with E-state index in [2.05, 4.69) is 54.5 Å². The van der Waals surface area contributed by atoms with Gasteiger partial charge in [-0.3, -0.25) is 4.79 Å². The smallest absolute Gasteiger partial charge is 0.312 e. The molecule has 2 aromatic rings. The lowest BCUT2D eigenvalue weighted by atomic mass is 9.61. The Balaban J connectivity index is 1.23. The summed E-state index contributed by atoms with van der Waals surface area (Å²) in [4.78, 5) is 13.0. The van der Waals surface area contributed by atoms with Crippen LogP contribution in [0.4, 0.5) is 0 Å². The zero-order valence-corrected chi connectivity index (χ0v) is 28.8. The summed E-state index contributed by atoms with van der Waals surface area (Å²) < 4.78 is 22.5. The van der Waals surface area contributed by atoms with E-state index in [0.29, 0.717) is 24.5 Å². The van der Waals surface area contributed by atoms with E-state index in [1.54, 1.807) is 0 Å². The fourth-order valence-electron chi connectivity index (χ4n) is 5.74. The van der Waals surface area contributed by atoms with Crippen molar-refractivity contribution in [3.05, 3.63) is 53.6 Å². The molecule has 0 radical (unpaired) electrons. The van der Waals surface area contributed by atoms with Gasteiger partial charge in [0.2, 0.25) is 6.79 Å². The van der Waals surface area contributed by atoms with Crippen molar-refractivity contribution in [3.8, 4) is 23.3 Å². The summed E-state index contributed by atoms with van der Waals surface area (Å²) in [6.45, 7) is 16.5. The second kappa shape index (κ2) is 16.7. The number of allylic oxidation sites excluding steroid dienone is 1. The number of nitrogens with zero attached hydrogens (tertiary/aromatic N) is 1. The molecule has 246 valence electrons. The maximum atomic E-state index is 13.0. The fourth-order valence-corrected chi connectivity index (χ4v) is 5.74. The highest BCUT2D eigenvalue weighted by molar-refractivity contribution is 5.90. The highest BCUT2D eigenvalue weighted by Gasteiger charge is 2.47. The molecule has 1 atom stereocenters. The molecule has 0 spiro atoms. The Labute approximate surface area is 272 Å². The van der Waals surface area contributed by atoms with E-state index in [1.807, 2.05) is 48.5 Å². The number of carbonyl (C=O) groups is 1. The van der Waals surface area contributed by atoms with Gasteiger partial charge in [0.15, 0.2) is 11.5 Å². The predicted octanol–water partition coefficient (Wildman–Crippen LogP) is 10.4. The molecule has 6 nitrogen and oxygen atoms in total. The van der Waals surface area contributed by atoms with E-state index in [1.165, 1.54) is 32.1 Å². The van der Waals surface area contributed by atoms with Crippen LogP contribution in [-0.2, 0) is 9.53 Å². The van der Waals surface area contributed by atoms with Crippen LogP contribution >= 0.6 is 0 Å². The first-order valence-corrected chi connectivity index (χ1v) is 16.7. The quantitative estimate of drug-likeness (QED) is 0.0760. The van der Waals surface area contributed by atoms with Gasteiger partial charge < -0.3 is 18.9 Å². The molecule has 6 heteroatoms. The first kappa shape index (κ1) is 36.0. The van der Waals surface area contributed by atoms with E-state index >= 15 is 0 Å². The molecule has 0 aliphatic carbocycles. The maximum Gasteiger partial charge on any atom is 0.312 e. The lowest BCUT2D eigenvalue weighted by molar-refractivity contribution is -0.164. The molecule has 0 aromatic heterocycles. The predicted molar refractivity (Wildman–Crippen MR) is 182 cm³/mol. The van der Waals surface area contributed by atoms with Gasteiger partial charge in [0.1, 0.15) is 5.75 Å². The molecule has 1 heterocycles. The lowest BCUT2D eigenvalue weighted by Gasteiger charge is -2.43. The lowest BCUT2D eigenvalue weighted by Crippen LogP contribution is -2.44. The van der Waals surface area contributed by atoms with Crippen molar-refractivity contribution in [1.82, 2.24) is 0 Å². The Hall–Kier alpha value is -3.46. The van der Waals surface area contributed by atoms with Crippen molar-refractivity contribution in [1.29, 1.82) is 5.26 Å². The Morgan fingerprint density at radius 2 is 1.38 bits per heavy atom. The summed E-state index contributed by atoms with van der Waals surface area (Å²) >= 11 is 0. The summed E-state index contributed by atoms with van der Waals surface area (Å²) in [5.74, 6) is 2.20. The molecular weight excluding hydrogens is 562 g/mol. The minimum Gasteiger partial charge on any atom is -0.494 e. The molecule has 3 rings (SSSR count). The number of esters is 1. The number of fused-ring (bicyclic) bond motifs is 1. The van der Waals surface area contributed by atoms with Crippen LogP contribution in [-0.4, -0.2) is 26.0 Å². The molecule has 1 unspecified atom stereocenters. The average Bonchev–Trinajstić information content (AvgIpc) is 3.45. The molecule has 2 aromatic carbocycles. The Morgan fingerprint density at radius 1 is 0.800 bits per heavy atom. The van der Waals surface area contributed by atoms with Crippen molar-refractivity contribution < 1.29 is 23.7 Å². The van der Waals surface area contributed by atoms with Gasteiger partial charge in [0.05, 0.1) is 30.3 Å². The van der Waals surface area contributed by atoms with Crippen molar-refractivity contribution in [2.45, 2.75) is 113 Å². The number of ether oxygens (including phenoxy) is 4. The topological polar surface area (TPSA) is 77.8 Å². The number of hydrogen-bond acceptors (Lipinski definition) is 6. The zero-order valence-electron chi connectivity index (χ0n) is 28.8. The minimum atomic E-state index is -0.489. The SMILES string of the molecule is CC(C)(C)CC(C)(C(=O)OCCCCCCCCCCCOc1ccc(C(C#N)=Cc2ccc3c(c2)OCO3)cc1)C(C)(C)C. The second-order valence-electron chi connectivity index (χ2n) is 14.8. The fraction of sp³-hybridized carbons (Fsp3) is 0.590. The molecule has 45 heavy (non-hydrogen) atoms. The van der Waals surface area contributed by atoms with Gasteiger partial charge in [0.25, 0.3) is 0 Å². The van der Waals surface area contributed by atoms with Crippen LogP contribution in [0.15, 0.2) is 42.5 Å². The number of unbranched alkanes of at least 4 members (excludes halogenated alkanes) is 8. The molecule has 0 bridgehead atoms. The number of carbonyl (C=O) groups excluding carboxylic acids is 1. The molecule has 0 saturated heterocycles. The van der Waals surface area contributed by atoms with Crippen LogP contribution in [0.25, 0.3) is 11.6 Å². The van der Waals surface area contributed by atoms with Gasteiger partial charge in [0, 0.05) is 0 Å². The highest BCUT2D eigenvalue weighted by Crippen LogP contribution is 2.47. The number of hydrogen-bond donors (Lipinski definition) is 0. The van der Waals surface area contributed by atoms with Crippen molar-refractivity contribution >= 4 is 17.6 Å². The van der Waals surface area contributed by atoms with E-state index in [-0.39, 0.29) is 23.6 Å². The average molecular weight is 618 g/mol. The molecule has 1 aliphatic heterocycles. The van der Waals surface area contributed by atoms with E-state index in [9.17, 15) is 10.1 Å². The second-order valence-corrected chi connectivity index (χ2v) is 14.8. The van der Waals surface area contributed by atoms with Gasteiger partial charge >= 0.3 is 5.97 Å². The van der Waals surface area contributed by atoms with Crippen molar-refractivity contribution in [2.24, 2.45) is 16.2 Å². The third-order valence-corrected chi connectivity index (χ3v) is 8.77. The normalized spacial score (nSPS) is 14.5. The molecule has 1 aliphatic rings. The van der Waals surface area contributed by atoms with Crippen molar-refractivity contribution in [2.75, 3.05) is 20.0 Å². The summed E-state index contributed by atoms with van der Waals surface area (Å²) in [6.07, 6.45) is 13.0. The zero-order chi connectivity index (χ0) is 32.9. The van der Waals surface area contributed by atoms with Crippen LogP contribution < -0.4 is 14.2 Å². The Morgan fingerprint density at radius 3 is 1.96 bits per heavy atom. The molecule has 0 saturated carbocycles. The first-order valence-electron chi connectivity index (χ1n) is 16.7. The number of nitriles is 1. The Kier molecular flexibility index (Phi) is 13.4. The molecule has 0 amide bonds.